The molecule has 2 aromatic rings. The van der Waals surface area contributed by atoms with E-state index in [2.05, 4.69) is 49.3 Å². The van der Waals surface area contributed by atoms with Gasteiger partial charge in [0.05, 0.1) is 6.61 Å². The molecule has 33 heavy (non-hydrogen) atoms. The number of ether oxygens (including phenoxy) is 3. The Morgan fingerprint density at radius 2 is 1.79 bits per heavy atom. The van der Waals surface area contributed by atoms with E-state index in [1.807, 2.05) is 23.1 Å². The monoisotopic (exact) mass is 470 g/mol. The second-order valence-corrected chi connectivity index (χ2v) is 9.91. The lowest BCUT2D eigenvalue weighted by molar-refractivity contribution is -0.151. The molecule has 2 heterocycles. The zero-order valence-corrected chi connectivity index (χ0v) is 20.6. The molecule has 0 aliphatic carbocycles. The van der Waals surface area contributed by atoms with Crippen LogP contribution < -0.4 is 9.47 Å². The number of carbonyl (C=O) groups is 1. The molecule has 0 saturated carbocycles. The number of fused-ring (bicyclic) bond motifs is 1. The molecule has 2 aliphatic rings. The number of rotatable bonds is 8. The average Bonchev–Trinajstić information content (AvgIpc) is 2.83. The molecule has 1 saturated heterocycles. The van der Waals surface area contributed by atoms with Crippen LogP contribution in [0, 0.1) is 5.92 Å². The first-order chi connectivity index (χ1) is 16.0. The number of carbonyl (C=O) groups excluding carboxylic acids is 1. The van der Waals surface area contributed by atoms with E-state index < -0.39 is 6.10 Å². The van der Waals surface area contributed by atoms with Crippen molar-refractivity contribution in [3.63, 3.8) is 0 Å². The Labute approximate surface area is 201 Å². The molecule has 0 spiro atoms. The fraction of sp³-hybridized carbons (Fsp3) is 0.500. The summed E-state index contributed by atoms with van der Waals surface area (Å²) in [5, 5.41) is 0. The first-order valence-corrected chi connectivity index (χ1v) is 12.9. The summed E-state index contributed by atoms with van der Waals surface area (Å²) in [7, 11) is 0. The number of hydrogen-bond acceptors (Lipinski definition) is 6. The van der Waals surface area contributed by atoms with Crippen molar-refractivity contribution in [2.45, 2.75) is 37.9 Å². The Morgan fingerprint density at radius 3 is 2.52 bits per heavy atom. The van der Waals surface area contributed by atoms with E-state index in [0.717, 1.165) is 30.2 Å². The Kier molecular flexibility index (Phi) is 8.17. The molecule has 0 aromatic heterocycles. The first kappa shape index (κ1) is 23.9. The molecule has 178 valence electrons. The summed E-state index contributed by atoms with van der Waals surface area (Å²) in [4.78, 5) is 19.0. The van der Waals surface area contributed by atoms with Crippen molar-refractivity contribution in [1.29, 1.82) is 0 Å². The van der Waals surface area contributed by atoms with Crippen LogP contribution in [0.25, 0.3) is 0 Å². The van der Waals surface area contributed by atoms with Crippen LogP contribution in [0.5, 0.6) is 11.5 Å². The lowest BCUT2D eigenvalue weighted by Gasteiger charge is -2.35. The van der Waals surface area contributed by atoms with E-state index >= 15 is 0 Å². The number of benzene rings is 2. The second kappa shape index (κ2) is 11.3. The van der Waals surface area contributed by atoms with Crippen LogP contribution in [-0.4, -0.2) is 67.5 Å². The van der Waals surface area contributed by atoms with Gasteiger partial charge < -0.3 is 19.1 Å². The van der Waals surface area contributed by atoms with E-state index in [4.69, 9.17) is 14.2 Å². The molecule has 1 amide bonds. The van der Waals surface area contributed by atoms with Crippen molar-refractivity contribution in [1.82, 2.24) is 9.80 Å². The zero-order chi connectivity index (χ0) is 23.2. The largest absolute Gasteiger partial charge is 0.486 e. The molecule has 0 radical (unpaired) electrons. The van der Waals surface area contributed by atoms with Crippen LogP contribution in [0.4, 0.5) is 0 Å². The molecule has 1 fully saturated rings. The molecule has 6 nitrogen and oxygen atoms in total. The summed E-state index contributed by atoms with van der Waals surface area (Å²) < 4.78 is 17.3. The Hall–Kier alpha value is -2.22. The molecule has 0 N–H and O–H groups in total. The van der Waals surface area contributed by atoms with Crippen LogP contribution in [0.2, 0.25) is 0 Å². The summed E-state index contributed by atoms with van der Waals surface area (Å²) in [5.41, 5.74) is 2.30. The lowest BCUT2D eigenvalue weighted by Crippen LogP contribution is -2.51. The van der Waals surface area contributed by atoms with Gasteiger partial charge in [-0.1, -0.05) is 32.0 Å². The quantitative estimate of drug-likeness (QED) is 0.542. The van der Waals surface area contributed by atoms with Crippen LogP contribution in [0.3, 0.4) is 0 Å². The van der Waals surface area contributed by atoms with Gasteiger partial charge in [0.15, 0.2) is 11.5 Å². The highest BCUT2D eigenvalue weighted by atomic mass is 32.2. The van der Waals surface area contributed by atoms with Gasteiger partial charge in [-0.15, -0.1) is 11.8 Å². The molecule has 1 atom stereocenters. The summed E-state index contributed by atoms with van der Waals surface area (Å²) >= 11 is 1.75. The van der Waals surface area contributed by atoms with Crippen molar-refractivity contribution in [3.8, 4) is 11.5 Å². The fourth-order valence-corrected chi connectivity index (χ4v) is 4.68. The van der Waals surface area contributed by atoms with Gasteiger partial charge in [-0.05, 0) is 47.6 Å². The van der Waals surface area contributed by atoms with E-state index in [0.29, 0.717) is 45.4 Å². The van der Waals surface area contributed by atoms with Crippen LogP contribution in [0.15, 0.2) is 47.4 Å². The van der Waals surface area contributed by atoms with Crippen LogP contribution in [-0.2, 0) is 22.6 Å². The standard InChI is InChI=1S/C26H34N2O4S/c1-19(2)15-28(17-21-6-9-23-24(14-21)32-13-12-31-23)26(29)25-18-27(10-11-30-25)16-20-4-7-22(33-3)8-5-20/h4-9,14,19,25H,10-13,15-18H2,1-3H3. The lowest BCUT2D eigenvalue weighted by atomic mass is 10.1. The van der Waals surface area contributed by atoms with E-state index in [1.165, 1.54) is 10.5 Å². The highest BCUT2D eigenvalue weighted by molar-refractivity contribution is 7.98. The van der Waals surface area contributed by atoms with Gasteiger partial charge in [-0.3, -0.25) is 9.69 Å². The van der Waals surface area contributed by atoms with Crippen molar-refractivity contribution < 1.29 is 19.0 Å². The van der Waals surface area contributed by atoms with Crippen molar-refractivity contribution in [2.24, 2.45) is 5.92 Å². The van der Waals surface area contributed by atoms with Gasteiger partial charge in [-0.2, -0.15) is 0 Å². The Morgan fingerprint density at radius 1 is 1.06 bits per heavy atom. The maximum absolute atomic E-state index is 13.5. The summed E-state index contributed by atoms with van der Waals surface area (Å²) in [5.74, 6) is 1.94. The number of amides is 1. The Balaban J connectivity index is 1.42. The van der Waals surface area contributed by atoms with Gasteiger partial charge in [0.25, 0.3) is 5.91 Å². The fourth-order valence-electron chi connectivity index (χ4n) is 4.27. The van der Waals surface area contributed by atoms with Crippen LogP contribution >= 0.6 is 11.8 Å². The minimum Gasteiger partial charge on any atom is -0.486 e. The number of hydrogen-bond donors (Lipinski definition) is 0. The smallest absolute Gasteiger partial charge is 0.253 e. The highest BCUT2D eigenvalue weighted by Crippen LogP contribution is 2.31. The van der Waals surface area contributed by atoms with Gasteiger partial charge in [0.1, 0.15) is 19.3 Å². The normalized spacial score (nSPS) is 18.4. The van der Waals surface area contributed by atoms with E-state index in [-0.39, 0.29) is 5.91 Å². The average molecular weight is 471 g/mol. The van der Waals surface area contributed by atoms with Crippen molar-refractivity contribution in [2.75, 3.05) is 45.7 Å². The van der Waals surface area contributed by atoms with Gasteiger partial charge in [0.2, 0.25) is 0 Å². The number of nitrogens with zero attached hydrogens (tertiary/aromatic N) is 2. The first-order valence-electron chi connectivity index (χ1n) is 11.7. The van der Waals surface area contributed by atoms with Crippen LogP contribution in [0.1, 0.15) is 25.0 Å². The third kappa shape index (κ3) is 6.43. The molecule has 2 aromatic carbocycles. The van der Waals surface area contributed by atoms with Gasteiger partial charge >= 0.3 is 0 Å². The molecule has 1 unspecified atom stereocenters. The SMILES string of the molecule is CSc1ccc(CN2CCOC(C(=O)N(Cc3ccc4c(c3)OCCO4)CC(C)C)C2)cc1. The third-order valence-corrected chi connectivity index (χ3v) is 6.61. The second-order valence-electron chi connectivity index (χ2n) is 9.03. The van der Waals surface area contributed by atoms with Gasteiger partial charge in [-0.25, -0.2) is 0 Å². The minimum absolute atomic E-state index is 0.0565. The molecule has 0 bridgehead atoms. The van der Waals surface area contributed by atoms with Crippen molar-refractivity contribution in [3.05, 3.63) is 53.6 Å². The maximum Gasteiger partial charge on any atom is 0.253 e. The number of thioether (sulfide) groups is 1. The van der Waals surface area contributed by atoms with E-state index in [9.17, 15) is 4.79 Å². The Bertz CT molecular complexity index is 934. The number of morpholine rings is 1. The molecular formula is C26H34N2O4S. The van der Waals surface area contributed by atoms with E-state index in [1.54, 1.807) is 11.8 Å². The molecule has 4 rings (SSSR count). The summed E-state index contributed by atoms with van der Waals surface area (Å²) in [6, 6.07) is 14.6. The molecule has 2 aliphatic heterocycles. The minimum atomic E-state index is -0.444. The maximum atomic E-state index is 13.5. The highest BCUT2D eigenvalue weighted by Gasteiger charge is 2.31. The van der Waals surface area contributed by atoms with Crippen molar-refractivity contribution >= 4 is 17.7 Å². The topological polar surface area (TPSA) is 51.2 Å². The zero-order valence-electron chi connectivity index (χ0n) is 19.8. The summed E-state index contributed by atoms with van der Waals surface area (Å²) in [6.07, 6.45) is 1.64. The predicted molar refractivity (Wildman–Crippen MR) is 131 cm³/mol. The molecule has 7 heteroatoms. The third-order valence-electron chi connectivity index (χ3n) is 5.87. The van der Waals surface area contributed by atoms with Gasteiger partial charge in [0, 0.05) is 37.6 Å². The summed E-state index contributed by atoms with van der Waals surface area (Å²) in [6.45, 7) is 9.45. The predicted octanol–water partition coefficient (Wildman–Crippen LogP) is 4.07. The molecular weight excluding hydrogens is 436 g/mol.